The molecule has 0 aliphatic carbocycles. The average molecular weight is 352 g/mol. The third-order valence-electron chi connectivity index (χ3n) is 4.55. The predicted octanol–water partition coefficient (Wildman–Crippen LogP) is 0.928. The van der Waals surface area contributed by atoms with E-state index in [0.29, 0.717) is 31.0 Å². The first-order chi connectivity index (χ1) is 12.8. The van der Waals surface area contributed by atoms with Crippen molar-refractivity contribution in [1.29, 1.82) is 0 Å². The first-order valence-electron chi connectivity index (χ1n) is 8.60. The van der Waals surface area contributed by atoms with Gasteiger partial charge in [-0.3, -0.25) is 14.7 Å². The summed E-state index contributed by atoms with van der Waals surface area (Å²) >= 11 is 0. The summed E-state index contributed by atoms with van der Waals surface area (Å²) in [7, 11) is 0. The zero-order valence-electron chi connectivity index (χ0n) is 14.3. The van der Waals surface area contributed by atoms with Crippen LogP contribution >= 0.6 is 0 Å². The number of hydrogen-bond acceptors (Lipinski definition) is 6. The van der Waals surface area contributed by atoms with Crippen LogP contribution < -0.4 is 5.32 Å². The number of fused-ring (bicyclic) bond motifs is 1. The van der Waals surface area contributed by atoms with Crippen molar-refractivity contribution < 1.29 is 9.53 Å². The SMILES string of the molecule is O=C(NCC(c1cccnc1)N1CCOCC1)c1ccn2ncnc2c1. The molecule has 1 unspecified atom stereocenters. The van der Waals surface area contributed by atoms with E-state index in [2.05, 4.69) is 25.3 Å². The zero-order chi connectivity index (χ0) is 17.8. The van der Waals surface area contributed by atoms with Crippen LogP contribution in [0.2, 0.25) is 0 Å². The topological polar surface area (TPSA) is 84.7 Å². The molecule has 1 N–H and O–H groups in total. The number of nitrogens with zero attached hydrogens (tertiary/aromatic N) is 5. The molecule has 3 aromatic rings. The number of nitrogens with one attached hydrogen (secondary N) is 1. The molecule has 0 spiro atoms. The molecule has 0 radical (unpaired) electrons. The Hall–Kier alpha value is -2.84. The van der Waals surface area contributed by atoms with E-state index in [1.165, 1.54) is 6.33 Å². The summed E-state index contributed by atoms with van der Waals surface area (Å²) in [6.07, 6.45) is 6.81. The third-order valence-corrected chi connectivity index (χ3v) is 4.55. The normalized spacial score (nSPS) is 16.5. The Morgan fingerprint density at radius 3 is 3.00 bits per heavy atom. The zero-order valence-corrected chi connectivity index (χ0v) is 14.3. The van der Waals surface area contributed by atoms with Crippen LogP contribution in [-0.4, -0.2) is 63.2 Å². The van der Waals surface area contributed by atoms with Gasteiger partial charge in [0.15, 0.2) is 5.65 Å². The molecule has 26 heavy (non-hydrogen) atoms. The number of hydrogen-bond donors (Lipinski definition) is 1. The van der Waals surface area contributed by atoms with Crippen molar-refractivity contribution in [3.8, 4) is 0 Å². The Kier molecular flexibility index (Phi) is 4.85. The number of carbonyl (C=O) groups excluding carboxylic acids is 1. The van der Waals surface area contributed by atoms with Gasteiger partial charge in [-0.15, -0.1) is 0 Å². The van der Waals surface area contributed by atoms with Gasteiger partial charge in [0.05, 0.1) is 19.3 Å². The molecular formula is C18H20N6O2. The molecule has 8 heteroatoms. The Bertz CT molecular complexity index is 876. The summed E-state index contributed by atoms with van der Waals surface area (Å²) in [5.41, 5.74) is 2.30. The van der Waals surface area contributed by atoms with Crippen LogP contribution in [0.15, 0.2) is 49.2 Å². The monoisotopic (exact) mass is 352 g/mol. The lowest BCUT2D eigenvalue weighted by molar-refractivity contribution is 0.0161. The molecule has 1 aliphatic heterocycles. The van der Waals surface area contributed by atoms with Gasteiger partial charge in [0, 0.05) is 43.8 Å². The maximum atomic E-state index is 12.6. The van der Waals surface area contributed by atoms with Gasteiger partial charge in [-0.1, -0.05) is 6.07 Å². The maximum absolute atomic E-state index is 12.6. The smallest absolute Gasteiger partial charge is 0.251 e. The average Bonchev–Trinajstić information content (AvgIpc) is 3.17. The highest BCUT2D eigenvalue weighted by atomic mass is 16.5. The Balaban J connectivity index is 1.49. The van der Waals surface area contributed by atoms with Crippen molar-refractivity contribution in [1.82, 2.24) is 29.8 Å². The molecule has 4 heterocycles. The van der Waals surface area contributed by atoms with Crippen LogP contribution in [0.5, 0.6) is 0 Å². The van der Waals surface area contributed by atoms with Gasteiger partial charge in [-0.25, -0.2) is 9.50 Å². The van der Waals surface area contributed by atoms with E-state index in [1.54, 1.807) is 29.0 Å². The van der Waals surface area contributed by atoms with Crippen molar-refractivity contribution in [2.75, 3.05) is 32.8 Å². The fraction of sp³-hybridized carbons (Fsp3) is 0.333. The van der Waals surface area contributed by atoms with Gasteiger partial charge >= 0.3 is 0 Å². The van der Waals surface area contributed by atoms with Crippen molar-refractivity contribution in [2.45, 2.75) is 6.04 Å². The molecule has 3 aromatic heterocycles. The van der Waals surface area contributed by atoms with Crippen LogP contribution in [-0.2, 0) is 4.74 Å². The van der Waals surface area contributed by atoms with E-state index < -0.39 is 0 Å². The molecule has 1 amide bonds. The highest BCUT2D eigenvalue weighted by Crippen LogP contribution is 2.20. The van der Waals surface area contributed by atoms with Crippen LogP contribution in [0.1, 0.15) is 22.0 Å². The van der Waals surface area contributed by atoms with Gasteiger partial charge in [-0.2, -0.15) is 5.10 Å². The molecule has 8 nitrogen and oxygen atoms in total. The number of morpholine rings is 1. The third kappa shape index (κ3) is 3.56. The second-order valence-electron chi connectivity index (χ2n) is 6.14. The largest absolute Gasteiger partial charge is 0.379 e. The number of ether oxygens (including phenoxy) is 1. The number of amides is 1. The fourth-order valence-electron chi connectivity index (χ4n) is 3.17. The molecule has 0 aromatic carbocycles. The van der Waals surface area contributed by atoms with Crippen molar-refractivity contribution >= 4 is 11.6 Å². The summed E-state index contributed by atoms with van der Waals surface area (Å²) in [6.45, 7) is 3.58. The summed E-state index contributed by atoms with van der Waals surface area (Å²) in [6, 6.07) is 7.50. The molecule has 1 atom stereocenters. The van der Waals surface area contributed by atoms with Gasteiger partial charge in [-0.05, 0) is 23.8 Å². The molecule has 134 valence electrons. The molecule has 1 aliphatic rings. The summed E-state index contributed by atoms with van der Waals surface area (Å²) < 4.78 is 7.08. The predicted molar refractivity (Wildman–Crippen MR) is 94.7 cm³/mol. The number of aromatic nitrogens is 4. The minimum absolute atomic E-state index is 0.0633. The Morgan fingerprint density at radius 1 is 1.31 bits per heavy atom. The second kappa shape index (κ2) is 7.59. The summed E-state index contributed by atoms with van der Waals surface area (Å²) in [5, 5.41) is 7.09. The Morgan fingerprint density at radius 2 is 2.19 bits per heavy atom. The van der Waals surface area contributed by atoms with E-state index >= 15 is 0 Å². The van der Waals surface area contributed by atoms with Gasteiger partial charge < -0.3 is 10.1 Å². The fourth-order valence-corrected chi connectivity index (χ4v) is 3.17. The molecule has 0 bridgehead atoms. The van der Waals surface area contributed by atoms with Gasteiger partial charge in [0.1, 0.15) is 6.33 Å². The first kappa shape index (κ1) is 16.6. The minimum atomic E-state index is -0.127. The maximum Gasteiger partial charge on any atom is 0.251 e. The van der Waals surface area contributed by atoms with Crippen LogP contribution in [0.4, 0.5) is 0 Å². The van der Waals surface area contributed by atoms with E-state index in [4.69, 9.17) is 4.74 Å². The van der Waals surface area contributed by atoms with Gasteiger partial charge in [0.2, 0.25) is 0 Å². The number of rotatable bonds is 5. The Labute approximate surface area is 150 Å². The van der Waals surface area contributed by atoms with Crippen molar-refractivity contribution in [3.05, 3.63) is 60.3 Å². The molecule has 4 rings (SSSR count). The van der Waals surface area contributed by atoms with Gasteiger partial charge in [0.25, 0.3) is 5.91 Å². The van der Waals surface area contributed by atoms with E-state index in [9.17, 15) is 4.79 Å². The summed E-state index contributed by atoms with van der Waals surface area (Å²) in [5.74, 6) is -0.127. The second-order valence-corrected chi connectivity index (χ2v) is 6.14. The lowest BCUT2D eigenvalue weighted by Crippen LogP contribution is -2.43. The molecule has 1 saturated heterocycles. The lowest BCUT2D eigenvalue weighted by atomic mass is 10.1. The van der Waals surface area contributed by atoms with Crippen LogP contribution in [0.3, 0.4) is 0 Å². The highest BCUT2D eigenvalue weighted by Gasteiger charge is 2.23. The summed E-state index contributed by atoms with van der Waals surface area (Å²) in [4.78, 5) is 23.3. The van der Waals surface area contributed by atoms with Crippen molar-refractivity contribution in [3.63, 3.8) is 0 Å². The van der Waals surface area contributed by atoms with Crippen LogP contribution in [0, 0.1) is 0 Å². The standard InChI is InChI=1S/C18H20N6O2/c25-18(14-3-5-24-17(10-14)21-13-22-24)20-12-16(15-2-1-4-19-11-15)23-6-8-26-9-7-23/h1-5,10-11,13,16H,6-9,12H2,(H,20,25). The molecule has 0 saturated carbocycles. The van der Waals surface area contributed by atoms with E-state index in [1.807, 2.05) is 18.3 Å². The lowest BCUT2D eigenvalue weighted by Gasteiger charge is -2.34. The van der Waals surface area contributed by atoms with Crippen LogP contribution in [0.25, 0.3) is 5.65 Å². The minimum Gasteiger partial charge on any atom is -0.379 e. The van der Waals surface area contributed by atoms with Crippen molar-refractivity contribution in [2.24, 2.45) is 0 Å². The van der Waals surface area contributed by atoms with E-state index in [-0.39, 0.29) is 11.9 Å². The first-order valence-corrected chi connectivity index (χ1v) is 8.60. The highest BCUT2D eigenvalue weighted by molar-refractivity contribution is 5.95. The molecular weight excluding hydrogens is 332 g/mol. The number of carbonyl (C=O) groups is 1. The van der Waals surface area contributed by atoms with E-state index in [0.717, 1.165) is 18.7 Å². The quantitative estimate of drug-likeness (QED) is 0.735. The molecule has 1 fully saturated rings. The number of pyridine rings is 2.